The van der Waals surface area contributed by atoms with Crippen molar-refractivity contribution in [2.24, 2.45) is 0 Å². The Labute approximate surface area is 153 Å². The van der Waals surface area contributed by atoms with Gasteiger partial charge in [0.15, 0.2) is 0 Å². The van der Waals surface area contributed by atoms with Gasteiger partial charge in [-0.05, 0) is 56.5 Å². The smallest absolute Gasteiger partial charge is 0.356 e. The maximum atomic E-state index is 13.0. The van der Waals surface area contributed by atoms with E-state index in [1.165, 1.54) is 4.31 Å². The summed E-state index contributed by atoms with van der Waals surface area (Å²) in [6.45, 7) is 6.15. The summed E-state index contributed by atoms with van der Waals surface area (Å²) in [5.74, 6) is -0.461. The Kier molecular flexibility index (Phi) is 5.11. The van der Waals surface area contributed by atoms with Crippen molar-refractivity contribution >= 4 is 16.0 Å². The van der Waals surface area contributed by atoms with Crippen LogP contribution in [0, 0.1) is 6.92 Å². The largest absolute Gasteiger partial charge is 0.461 e. The Hall–Kier alpha value is -2.25. The lowest BCUT2D eigenvalue weighted by Crippen LogP contribution is -2.39. The van der Waals surface area contributed by atoms with Crippen molar-refractivity contribution in [1.82, 2.24) is 9.29 Å². The molecule has 1 atom stereocenters. The number of rotatable bonds is 4. The predicted octanol–water partition coefficient (Wildman–Crippen LogP) is 2.87. The molecule has 2 aromatic rings. The molecule has 0 spiro atoms. The lowest BCUT2D eigenvalue weighted by molar-refractivity contribution is 0.0519. The first-order valence-electron chi connectivity index (χ1n) is 8.59. The van der Waals surface area contributed by atoms with E-state index in [0.29, 0.717) is 13.0 Å². The van der Waals surface area contributed by atoms with Crippen LogP contribution >= 0.6 is 0 Å². The monoisotopic (exact) mass is 374 g/mol. The number of ether oxygens (including phenoxy) is 1. The molecule has 2 heterocycles. The SMILES string of the molecule is CCOC(=O)c1cc2c(cn1)C(C)N(S(=O)(=O)c1ccc(C)cc1)CC2. The molecular weight excluding hydrogens is 352 g/mol. The van der Waals surface area contributed by atoms with E-state index in [-0.39, 0.29) is 23.2 Å². The first-order chi connectivity index (χ1) is 12.3. The normalized spacial score (nSPS) is 17.6. The maximum absolute atomic E-state index is 13.0. The molecule has 0 saturated heterocycles. The highest BCUT2D eigenvalue weighted by atomic mass is 32.2. The topological polar surface area (TPSA) is 76.6 Å². The molecule has 0 radical (unpaired) electrons. The number of nitrogens with zero attached hydrogens (tertiary/aromatic N) is 2. The summed E-state index contributed by atoms with van der Waals surface area (Å²) < 4.78 is 32.5. The molecule has 1 aliphatic heterocycles. The van der Waals surface area contributed by atoms with E-state index < -0.39 is 16.0 Å². The standard InChI is InChI=1S/C19H22N2O4S/c1-4-25-19(22)18-11-15-9-10-21(14(3)17(15)12-20-18)26(23,24)16-7-5-13(2)6-8-16/h5-8,11-12,14H,4,9-10H2,1-3H3. The molecular formula is C19H22N2O4S. The molecule has 0 aliphatic carbocycles. The number of carbonyl (C=O) groups excluding carboxylic acids is 1. The lowest BCUT2D eigenvalue weighted by Gasteiger charge is -2.34. The fraction of sp³-hybridized carbons (Fsp3) is 0.368. The molecule has 1 aromatic heterocycles. The Bertz CT molecular complexity index is 923. The quantitative estimate of drug-likeness (QED) is 0.769. The van der Waals surface area contributed by atoms with Gasteiger partial charge in [0.05, 0.1) is 11.5 Å². The van der Waals surface area contributed by atoms with Gasteiger partial charge < -0.3 is 4.74 Å². The highest BCUT2D eigenvalue weighted by Crippen LogP contribution is 2.33. The number of aromatic nitrogens is 1. The molecule has 138 valence electrons. The summed E-state index contributed by atoms with van der Waals surface area (Å²) in [4.78, 5) is 16.3. The van der Waals surface area contributed by atoms with Crippen molar-refractivity contribution in [1.29, 1.82) is 0 Å². The summed E-state index contributed by atoms with van der Waals surface area (Å²) in [7, 11) is -3.59. The highest BCUT2D eigenvalue weighted by Gasteiger charge is 2.34. The second-order valence-corrected chi connectivity index (χ2v) is 8.23. The van der Waals surface area contributed by atoms with E-state index in [2.05, 4.69) is 4.98 Å². The van der Waals surface area contributed by atoms with Crippen LogP contribution in [-0.2, 0) is 21.2 Å². The molecule has 0 N–H and O–H groups in total. The zero-order valence-corrected chi connectivity index (χ0v) is 15.9. The van der Waals surface area contributed by atoms with Crippen molar-refractivity contribution in [2.75, 3.05) is 13.2 Å². The van der Waals surface area contributed by atoms with Crippen LogP contribution in [-0.4, -0.2) is 36.8 Å². The minimum Gasteiger partial charge on any atom is -0.461 e. The molecule has 0 fully saturated rings. The number of hydrogen-bond acceptors (Lipinski definition) is 5. The van der Waals surface area contributed by atoms with E-state index in [0.717, 1.165) is 16.7 Å². The van der Waals surface area contributed by atoms with Gasteiger partial charge in [0.2, 0.25) is 10.0 Å². The van der Waals surface area contributed by atoms with Gasteiger partial charge in [-0.15, -0.1) is 0 Å². The van der Waals surface area contributed by atoms with Crippen LogP contribution in [0.4, 0.5) is 0 Å². The van der Waals surface area contributed by atoms with Crippen LogP contribution in [0.2, 0.25) is 0 Å². The summed E-state index contributed by atoms with van der Waals surface area (Å²) in [5, 5.41) is 0. The molecule has 6 nitrogen and oxygen atoms in total. The molecule has 0 amide bonds. The highest BCUT2D eigenvalue weighted by molar-refractivity contribution is 7.89. The van der Waals surface area contributed by atoms with Crippen LogP contribution in [0.25, 0.3) is 0 Å². The van der Waals surface area contributed by atoms with Gasteiger partial charge in [-0.25, -0.2) is 18.2 Å². The van der Waals surface area contributed by atoms with E-state index in [1.807, 2.05) is 13.8 Å². The molecule has 7 heteroatoms. The Morgan fingerprint density at radius 1 is 1.31 bits per heavy atom. The number of esters is 1. The van der Waals surface area contributed by atoms with Crippen LogP contribution in [0.5, 0.6) is 0 Å². The zero-order chi connectivity index (χ0) is 18.9. The first kappa shape index (κ1) is 18.5. The van der Waals surface area contributed by atoms with Gasteiger partial charge >= 0.3 is 5.97 Å². The van der Waals surface area contributed by atoms with Crippen LogP contribution in [0.15, 0.2) is 41.4 Å². The van der Waals surface area contributed by atoms with E-state index in [4.69, 9.17) is 4.74 Å². The average Bonchev–Trinajstić information content (AvgIpc) is 2.62. The number of sulfonamides is 1. The van der Waals surface area contributed by atoms with Crippen molar-refractivity contribution in [3.05, 3.63) is 58.9 Å². The van der Waals surface area contributed by atoms with Gasteiger partial charge in [0.1, 0.15) is 5.69 Å². The Balaban J connectivity index is 1.91. The predicted molar refractivity (Wildman–Crippen MR) is 97.4 cm³/mol. The lowest BCUT2D eigenvalue weighted by atomic mass is 9.97. The second kappa shape index (κ2) is 7.17. The van der Waals surface area contributed by atoms with Crippen LogP contribution < -0.4 is 0 Å². The van der Waals surface area contributed by atoms with E-state index in [9.17, 15) is 13.2 Å². The van der Waals surface area contributed by atoms with Crippen molar-refractivity contribution < 1.29 is 17.9 Å². The molecule has 1 unspecified atom stereocenters. The third kappa shape index (κ3) is 3.37. The van der Waals surface area contributed by atoms with E-state index in [1.54, 1.807) is 43.5 Å². The number of fused-ring (bicyclic) bond motifs is 1. The number of benzene rings is 1. The molecule has 0 bridgehead atoms. The number of carbonyl (C=O) groups is 1. The van der Waals surface area contributed by atoms with Gasteiger partial charge in [0.25, 0.3) is 0 Å². The molecule has 1 aromatic carbocycles. The van der Waals surface area contributed by atoms with Gasteiger partial charge in [-0.2, -0.15) is 4.31 Å². The summed E-state index contributed by atoms with van der Waals surface area (Å²) in [6, 6.07) is 8.21. The van der Waals surface area contributed by atoms with E-state index >= 15 is 0 Å². The second-order valence-electron chi connectivity index (χ2n) is 6.34. The van der Waals surface area contributed by atoms with Gasteiger partial charge in [-0.3, -0.25) is 0 Å². The molecule has 26 heavy (non-hydrogen) atoms. The first-order valence-corrected chi connectivity index (χ1v) is 10.0. The maximum Gasteiger partial charge on any atom is 0.356 e. The number of aryl methyl sites for hydroxylation is 1. The number of pyridine rings is 1. The van der Waals surface area contributed by atoms with Crippen LogP contribution in [0.1, 0.15) is 47.1 Å². The van der Waals surface area contributed by atoms with Gasteiger partial charge in [0, 0.05) is 18.8 Å². The van der Waals surface area contributed by atoms with Crippen LogP contribution in [0.3, 0.4) is 0 Å². The fourth-order valence-corrected chi connectivity index (χ4v) is 4.78. The third-order valence-corrected chi connectivity index (χ3v) is 6.60. The zero-order valence-electron chi connectivity index (χ0n) is 15.1. The molecule has 0 saturated carbocycles. The minimum absolute atomic E-state index is 0.257. The number of hydrogen-bond donors (Lipinski definition) is 0. The summed E-state index contributed by atoms with van der Waals surface area (Å²) >= 11 is 0. The van der Waals surface area contributed by atoms with Crippen molar-refractivity contribution in [2.45, 2.75) is 38.1 Å². The van der Waals surface area contributed by atoms with Crippen molar-refractivity contribution in [3.63, 3.8) is 0 Å². The minimum atomic E-state index is -3.59. The molecule has 3 rings (SSSR count). The Morgan fingerprint density at radius 2 is 2.00 bits per heavy atom. The van der Waals surface area contributed by atoms with Crippen molar-refractivity contribution in [3.8, 4) is 0 Å². The third-order valence-electron chi connectivity index (χ3n) is 4.62. The Morgan fingerprint density at radius 3 is 2.65 bits per heavy atom. The molecule has 1 aliphatic rings. The fourth-order valence-electron chi connectivity index (χ4n) is 3.17. The van der Waals surface area contributed by atoms with Gasteiger partial charge in [-0.1, -0.05) is 17.7 Å². The summed E-state index contributed by atoms with van der Waals surface area (Å²) in [6.07, 6.45) is 2.11. The average molecular weight is 374 g/mol. The summed E-state index contributed by atoms with van der Waals surface area (Å²) in [5.41, 5.74) is 3.02.